The molecular formula is C14H14N2O2. The highest BCUT2D eigenvalue weighted by atomic mass is 16.7. The van der Waals surface area contributed by atoms with Crippen molar-refractivity contribution >= 4 is 0 Å². The molecule has 4 heteroatoms. The molecule has 0 fully saturated rings. The SMILES string of the molecule is c1cc2n(c1)CCNC2c1ccc2c(c1)OCO2. The average molecular weight is 242 g/mol. The molecule has 0 amide bonds. The average Bonchev–Trinajstić information content (AvgIpc) is 3.05. The van der Waals surface area contributed by atoms with Crippen molar-refractivity contribution in [2.24, 2.45) is 0 Å². The zero-order valence-corrected chi connectivity index (χ0v) is 9.93. The van der Waals surface area contributed by atoms with E-state index in [2.05, 4.69) is 40.3 Å². The molecule has 3 heterocycles. The number of nitrogens with zero attached hydrogens (tertiary/aromatic N) is 1. The van der Waals surface area contributed by atoms with Gasteiger partial charge >= 0.3 is 0 Å². The van der Waals surface area contributed by atoms with Gasteiger partial charge in [0.15, 0.2) is 11.5 Å². The summed E-state index contributed by atoms with van der Waals surface area (Å²) in [7, 11) is 0. The minimum absolute atomic E-state index is 0.239. The quantitative estimate of drug-likeness (QED) is 0.829. The Bertz CT molecular complexity index is 591. The topological polar surface area (TPSA) is 35.4 Å². The van der Waals surface area contributed by atoms with Gasteiger partial charge in [0.1, 0.15) is 0 Å². The monoisotopic (exact) mass is 242 g/mol. The summed E-state index contributed by atoms with van der Waals surface area (Å²) in [5.74, 6) is 1.68. The van der Waals surface area contributed by atoms with E-state index < -0.39 is 0 Å². The second kappa shape index (κ2) is 3.78. The number of ether oxygens (including phenoxy) is 2. The molecule has 2 aliphatic heterocycles. The molecule has 0 saturated heterocycles. The highest BCUT2D eigenvalue weighted by Crippen LogP contribution is 2.36. The van der Waals surface area contributed by atoms with Gasteiger partial charge in [0, 0.05) is 25.0 Å². The molecule has 0 aliphatic carbocycles. The van der Waals surface area contributed by atoms with E-state index in [1.165, 1.54) is 11.3 Å². The van der Waals surface area contributed by atoms with E-state index in [-0.39, 0.29) is 6.04 Å². The second-order valence-electron chi connectivity index (χ2n) is 4.63. The Labute approximate surface area is 105 Å². The summed E-state index contributed by atoms with van der Waals surface area (Å²) in [6.07, 6.45) is 2.14. The molecule has 1 aromatic carbocycles. The van der Waals surface area contributed by atoms with E-state index in [1.54, 1.807) is 0 Å². The van der Waals surface area contributed by atoms with Crippen LogP contribution in [0.4, 0.5) is 0 Å². The first kappa shape index (κ1) is 10.0. The maximum atomic E-state index is 5.44. The number of fused-ring (bicyclic) bond motifs is 2. The first-order valence-electron chi connectivity index (χ1n) is 6.20. The maximum Gasteiger partial charge on any atom is 0.231 e. The first-order chi connectivity index (χ1) is 8.92. The van der Waals surface area contributed by atoms with Crippen molar-refractivity contribution < 1.29 is 9.47 Å². The molecule has 0 spiro atoms. The van der Waals surface area contributed by atoms with Crippen LogP contribution in [0.2, 0.25) is 0 Å². The van der Waals surface area contributed by atoms with Crippen LogP contribution in [0.3, 0.4) is 0 Å². The van der Waals surface area contributed by atoms with E-state index in [4.69, 9.17) is 9.47 Å². The minimum Gasteiger partial charge on any atom is -0.454 e. The zero-order chi connectivity index (χ0) is 11.9. The van der Waals surface area contributed by atoms with Crippen LogP contribution in [-0.2, 0) is 6.54 Å². The van der Waals surface area contributed by atoms with Gasteiger partial charge in [-0.25, -0.2) is 0 Å². The fourth-order valence-corrected chi connectivity index (χ4v) is 2.71. The van der Waals surface area contributed by atoms with Gasteiger partial charge in [0.25, 0.3) is 0 Å². The smallest absolute Gasteiger partial charge is 0.231 e. The van der Waals surface area contributed by atoms with Crippen LogP contribution < -0.4 is 14.8 Å². The highest BCUT2D eigenvalue weighted by molar-refractivity contribution is 5.46. The molecule has 0 radical (unpaired) electrons. The first-order valence-corrected chi connectivity index (χ1v) is 6.20. The van der Waals surface area contributed by atoms with Crippen LogP contribution in [0.15, 0.2) is 36.5 Å². The van der Waals surface area contributed by atoms with Gasteiger partial charge in [0.05, 0.1) is 6.04 Å². The molecule has 0 saturated carbocycles. The molecule has 1 atom stereocenters. The van der Waals surface area contributed by atoms with Gasteiger partial charge < -0.3 is 19.4 Å². The fourth-order valence-electron chi connectivity index (χ4n) is 2.71. The summed E-state index contributed by atoms with van der Waals surface area (Å²) in [6, 6.07) is 10.7. The lowest BCUT2D eigenvalue weighted by Gasteiger charge is -2.26. The van der Waals surface area contributed by atoms with Gasteiger partial charge in [-0.15, -0.1) is 0 Å². The summed E-state index contributed by atoms with van der Waals surface area (Å²) in [6.45, 7) is 2.34. The number of benzene rings is 1. The van der Waals surface area contributed by atoms with E-state index in [0.29, 0.717) is 6.79 Å². The maximum absolute atomic E-state index is 5.44. The zero-order valence-electron chi connectivity index (χ0n) is 9.93. The van der Waals surface area contributed by atoms with Crippen molar-refractivity contribution in [1.29, 1.82) is 0 Å². The number of hydrogen-bond acceptors (Lipinski definition) is 3. The lowest BCUT2D eigenvalue weighted by molar-refractivity contribution is 0.174. The number of rotatable bonds is 1. The Morgan fingerprint density at radius 2 is 2.11 bits per heavy atom. The molecule has 92 valence electrons. The third-order valence-corrected chi connectivity index (χ3v) is 3.59. The summed E-state index contributed by atoms with van der Waals surface area (Å²) in [4.78, 5) is 0. The normalized spacial score (nSPS) is 20.8. The molecule has 1 N–H and O–H groups in total. The third kappa shape index (κ3) is 1.42. The van der Waals surface area contributed by atoms with Crippen molar-refractivity contribution in [2.75, 3.05) is 13.3 Å². The molecule has 2 aromatic rings. The predicted octanol–water partition coefficient (Wildman–Crippen LogP) is 1.91. The Morgan fingerprint density at radius 1 is 1.17 bits per heavy atom. The Kier molecular flexibility index (Phi) is 2.11. The third-order valence-electron chi connectivity index (χ3n) is 3.59. The van der Waals surface area contributed by atoms with Gasteiger partial charge in [-0.05, 0) is 29.8 Å². The number of nitrogens with one attached hydrogen (secondary N) is 1. The summed E-state index contributed by atoms with van der Waals surface area (Å²) >= 11 is 0. The van der Waals surface area contributed by atoms with Gasteiger partial charge in [0.2, 0.25) is 6.79 Å². The van der Waals surface area contributed by atoms with Crippen LogP contribution in [0, 0.1) is 0 Å². The molecule has 4 nitrogen and oxygen atoms in total. The van der Waals surface area contributed by atoms with E-state index >= 15 is 0 Å². The largest absolute Gasteiger partial charge is 0.454 e. The molecule has 2 aliphatic rings. The molecule has 1 unspecified atom stereocenters. The van der Waals surface area contributed by atoms with Crippen LogP contribution in [-0.4, -0.2) is 17.9 Å². The van der Waals surface area contributed by atoms with Crippen molar-refractivity contribution in [1.82, 2.24) is 9.88 Å². The molecule has 0 bridgehead atoms. The van der Waals surface area contributed by atoms with Crippen LogP contribution >= 0.6 is 0 Å². The minimum atomic E-state index is 0.239. The van der Waals surface area contributed by atoms with Gasteiger partial charge in [-0.2, -0.15) is 0 Å². The lowest BCUT2D eigenvalue weighted by atomic mass is 10.0. The van der Waals surface area contributed by atoms with Gasteiger partial charge in [-0.1, -0.05) is 6.07 Å². The molecule has 4 rings (SSSR count). The van der Waals surface area contributed by atoms with E-state index in [1.807, 2.05) is 6.07 Å². The predicted molar refractivity (Wildman–Crippen MR) is 66.8 cm³/mol. The summed E-state index contributed by atoms with van der Waals surface area (Å²) in [5.41, 5.74) is 2.53. The van der Waals surface area contributed by atoms with Crippen molar-refractivity contribution in [3.63, 3.8) is 0 Å². The molecule has 18 heavy (non-hydrogen) atoms. The molecule has 1 aromatic heterocycles. The summed E-state index contributed by atoms with van der Waals surface area (Å²) in [5, 5.41) is 3.55. The van der Waals surface area contributed by atoms with E-state index in [9.17, 15) is 0 Å². The number of aromatic nitrogens is 1. The Hall–Kier alpha value is -1.94. The number of hydrogen-bond donors (Lipinski definition) is 1. The Morgan fingerprint density at radius 3 is 3.11 bits per heavy atom. The van der Waals surface area contributed by atoms with Gasteiger partial charge in [-0.3, -0.25) is 0 Å². The standard InChI is InChI=1S/C14H14N2O2/c1-2-11-14(15-5-7-16(11)6-1)10-3-4-12-13(8-10)18-9-17-12/h1-4,6,8,14-15H,5,7,9H2. The molecular weight excluding hydrogens is 228 g/mol. The second-order valence-corrected chi connectivity index (χ2v) is 4.63. The van der Waals surface area contributed by atoms with Crippen molar-refractivity contribution in [2.45, 2.75) is 12.6 Å². The fraction of sp³-hybridized carbons (Fsp3) is 0.286. The lowest BCUT2D eigenvalue weighted by Crippen LogP contribution is -2.33. The summed E-state index contributed by atoms with van der Waals surface area (Å²) < 4.78 is 13.1. The van der Waals surface area contributed by atoms with E-state index in [0.717, 1.165) is 24.6 Å². The van der Waals surface area contributed by atoms with Crippen LogP contribution in [0.1, 0.15) is 17.3 Å². The Balaban J connectivity index is 1.76. The van der Waals surface area contributed by atoms with Crippen molar-refractivity contribution in [3.8, 4) is 11.5 Å². The van der Waals surface area contributed by atoms with Crippen molar-refractivity contribution in [3.05, 3.63) is 47.8 Å². The van der Waals surface area contributed by atoms with Crippen LogP contribution in [0.5, 0.6) is 11.5 Å². The van der Waals surface area contributed by atoms with Crippen LogP contribution in [0.25, 0.3) is 0 Å². The highest BCUT2D eigenvalue weighted by Gasteiger charge is 2.23.